The highest BCUT2D eigenvalue weighted by atomic mass is 16.2. The first-order valence-corrected chi connectivity index (χ1v) is 7.79. The Morgan fingerprint density at radius 3 is 2.78 bits per heavy atom. The van der Waals surface area contributed by atoms with Gasteiger partial charge in [-0.05, 0) is 19.4 Å². The number of aromatic nitrogens is 3. The van der Waals surface area contributed by atoms with E-state index in [2.05, 4.69) is 10.4 Å². The number of hydrogen-bond acceptors (Lipinski definition) is 3. The molecule has 0 bridgehead atoms. The third-order valence-electron chi connectivity index (χ3n) is 4.12. The summed E-state index contributed by atoms with van der Waals surface area (Å²) in [4.78, 5) is 25.0. The first kappa shape index (κ1) is 15.3. The van der Waals surface area contributed by atoms with Crippen LogP contribution < -0.4 is 10.9 Å². The summed E-state index contributed by atoms with van der Waals surface area (Å²) in [5.74, 6) is -0.0895. The third kappa shape index (κ3) is 2.40. The number of fused-ring (bicyclic) bond motifs is 3. The minimum absolute atomic E-state index is 0.0895. The van der Waals surface area contributed by atoms with E-state index in [1.165, 1.54) is 4.68 Å². The molecule has 0 radical (unpaired) electrons. The quantitative estimate of drug-likeness (QED) is 0.801. The molecule has 2 heterocycles. The largest absolute Gasteiger partial charge is 0.354 e. The van der Waals surface area contributed by atoms with E-state index in [4.69, 9.17) is 0 Å². The van der Waals surface area contributed by atoms with Crippen molar-refractivity contribution in [3.05, 3.63) is 40.8 Å². The molecule has 0 unspecified atom stereocenters. The van der Waals surface area contributed by atoms with Crippen LogP contribution in [-0.2, 0) is 11.8 Å². The number of para-hydroxylation sites is 1. The van der Waals surface area contributed by atoms with Crippen molar-refractivity contribution in [2.75, 3.05) is 6.54 Å². The van der Waals surface area contributed by atoms with Crippen LogP contribution in [0.1, 0.15) is 26.3 Å². The highest BCUT2D eigenvalue weighted by molar-refractivity contribution is 6.08. The standard InChI is InChI=1S/C17H20N4O2/c1-4-9-18-16(22)11(2)21-14-8-6-5-7-12(14)13-10-19-20(3)17(23)15(13)21/h5-8,10-11H,4,9H2,1-3H3,(H,18,22)/t11-/m1/s1. The Morgan fingerprint density at radius 1 is 1.30 bits per heavy atom. The van der Waals surface area contributed by atoms with Gasteiger partial charge in [0, 0.05) is 24.4 Å². The molecule has 1 atom stereocenters. The molecule has 1 N–H and O–H groups in total. The molecule has 1 amide bonds. The highest BCUT2D eigenvalue weighted by Gasteiger charge is 2.22. The van der Waals surface area contributed by atoms with Gasteiger partial charge in [0.15, 0.2) is 0 Å². The topological polar surface area (TPSA) is 68.9 Å². The van der Waals surface area contributed by atoms with Crippen LogP contribution in [0.3, 0.4) is 0 Å². The molecule has 0 aliphatic carbocycles. The SMILES string of the molecule is CCCNC(=O)[C@@H](C)n1c2ccccc2c2cnn(C)c(=O)c21. The van der Waals surface area contributed by atoms with Crippen molar-refractivity contribution in [1.29, 1.82) is 0 Å². The molecule has 1 aromatic carbocycles. The van der Waals surface area contributed by atoms with Crippen LogP contribution >= 0.6 is 0 Å². The molecular weight excluding hydrogens is 292 g/mol. The smallest absolute Gasteiger partial charge is 0.291 e. The molecule has 0 spiro atoms. The van der Waals surface area contributed by atoms with Gasteiger partial charge >= 0.3 is 0 Å². The second-order valence-corrected chi connectivity index (χ2v) is 5.69. The fraction of sp³-hybridized carbons (Fsp3) is 0.353. The molecule has 0 fully saturated rings. The lowest BCUT2D eigenvalue weighted by Crippen LogP contribution is -2.32. The van der Waals surface area contributed by atoms with Gasteiger partial charge in [0.1, 0.15) is 11.6 Å². The molecule has 0 saturated carbocycles. The zero-order valence-electron chi connectivity index (χ0n) is 13.5. The lowest BCUT2D eigenvalue weighted by molar-refractivity contribution is -0.123. The van der Waals surface area contributed by atoms with Gasteiger partial charge < -0.3 is 9.88 Å². The Morgan fingerprint density at radius 2 is 2.04 bits per heavy atom. The molecular formula is C17H20N4O2. The molecule has 3 rings (SSSR count). The highest BCUT2D eigenvalue weighted by Crippen LogP contribution is 2.29. The number of hydrogen-bond donors (Lipinski definition) is 1. The molecule has 0 aliphatic heterocycles. The molecule has 120 valence electrons. The molecule has 23 heavy (non-hydrogen) atoms. The number of nitrogens with zero attached hydrogens (tertiary/aromatic N) is 3. The molecule has 3 aromatic rings. The van der Waals surface area contributed by atoms with Gasteiger partial charge in [-0.1, -0.05) is 25.1 Å². The molecule has 0 aliphatic rings. The number of benzene rings is 1. The number of nitrogens with one attached hydrogen (secondary N) is 1. The van der Waals surface area contributed by atoms with Crippen LogP contribution in [0.25, 0.3) is 21.8 Å². The fourth-order valence-corrected chi connectivity index (χ4v) is 2.90. The Kier molecular flexibility index (Phi) is 3.90. The Balaban J connectivity index is 2.30. The van der Waals surface area contributed by atoms with Crippen molar-refractivity contribution in [2.45, 2.75) is 26.3 Å². The Hall–Kier alpha value is -2.63. The van der Waals surface area contributed by atoms with Crippen molar-refractivity contribution in [3.8, 4) is 0 Å². The van der Waals surface area contributed by atoms with Crippen molar-refractivity contribution >= 4 is 27.7 Å². The zero-order valence-corrected chi connectivity index (χ0v) is 13.5. The Labute approximate surface area is 133 Å². The number of amides is 1. The summed E-state index contributed by atoms with van der Waals surface area (Å²) in [7, 11) is 1.62. The summed E-state index contributed by atoms with van der Waals surface area (Å²) in [6.45, 7) is 4.45. The van der Waals surface area contributed by atoms with Gasteiger partial charge in [0.2, 0.25) is 5.91 Å². The van der Waals surface area contributed by atoms with Crippen LogP contribution in [0.4, 0.5) is 0 Å². The predicted octanol–water partition coefficient (Wildman–Crippen LogP) is 1.98. The van der Waals surface area contributed by atoms with Crippen LogP contribution in [-0.4, -0.2) is 26.8 Å². The summed E-state index contributed by atoms with van der Waals surface area (Å²) in [6.07, 6.45) is 2.56. The minimum atomic E-state index is -0.473. The Bertz CT molecular complexity index is 939. The van der Waals surface area contributed by atoms with Gasteiger partial charge in [-0.2, -0.15) is 5.10 Å². The lowest BCUT2D eigenvalue weighted by Gasteiger charge is -2.16. The van der Waals surface area contributed by atoms with Gasteiger partial charge in [-0.3, -0.25) is 9.59 Å². The molecule has 0 saturated heterocycles. The third-order valence-corrected chi connectivity index (χ3v) is 4.12. The normalized spacial score (nSPS) is 12.7. The first-order chi connectivity index (χ1) is 11.1. The maximum absolute atomic E-state index is 12.6. The summed E-state index contributed by atoms with van der Waals surface area (Å²) in [5.41, 5.74) is 1.18. The van der Waals surface area contributed by atoms with E-state index in [1.807, 2.05) is 42.7 Å². The van der Waals surface area contributed by atoms with Gasteiger partial charge in [-0.25, -0.2) is 4.68 Å². The monoisotopic (exact) mass is 312 g/mol. The van der Waals surface area contributed by atoms with E-state index in [9.17, 15) is 9.59 Å². The van der Waals surface area contributed by atoms with Crippen LogP contribution in [0, 0.1) is 0 Å². The van der Waals surface area contributed by atoms with Crippen molar-refractivity contribution in [3.63, 3.8) is 0 Å². The zero-order chi connectivity index (χ0) is 16.6. The number of carbonyl (C=O) groups excluding carboxylic acids is 1. The summed E-state index contributed by atoms with van der Waals surface area (Å²) in [6, 6.07) is 7.24. The maximum atomic E-state index is 12.6. The van der Waals surface area contributed by atoms with Crippen molar-refractivity contribution in [2.24, 2.45) is 7.05 Å². The van der Waals surface area contributed by atoms with E-state index in [0.29, 0.717) is 12.1 Å². The van der Waals surface area contributed by atoms with Gasteiger partial charge in [-0.15, -0.1) is 0 Å². The van der Waals surface area contributed by atoms with E-state index in [1.54, 1.807) is 13.2 Å². The van der Waals surface area contributed by atoms with Crippen molar-refractivity contribution < 1.29 is 4.79 Å². The molecule has 2 aromatic heterocycles. The fourth-order valence-electron chi connectivity index (χ4n) is 2.90. The first-order valence-electron chi connectivity index (χ1n) is 7.79. The second-order valence-electron chi connectivity index (χ2n) is 5.69. The van der Waals surface area contributed by atoms with Gasteiger partial charge in [0.25, 0.3) is 5.56 Å². The second kappa shape index (κ2) is 5.87. The maximum Gasteiger partial charge on any atom is 0.291 e. The van der Waals surface area contributed by atoms with E-state index < -0.39 is 6.04 Å². The number of aryl methyl sites for hydroxylation is 1. The van der Waals surface area contributed by atoms with E-state index in [-0.39, 0.29) is 11.5 Å². The summed E-state index contributed by atoms with van der Waals surface area (Å²) >= 11 is 0. The minimum Gasteiger partial charge on any atom is -0.354 e. The van der Waals surface area contributed by atoms with E-state index >= 15 is 0 Å². The molecule has 6 heteroatoms. The lowest BCUT2D eigenvalue weighted by atomic mass is 10.2. The summed E-state index contributed by atoms with van der Waals surface area (Å²) in [5, 5.41) is 8.72. The van der Waals surface area contributed by atoms with Crippen LogP contribution in [0.2, 0.25) is 0 Å². The van der Waals surface area contributed by atoms with Crippen molar-refractivity contribution in [1.82, 2.24) is 19.7 Å². The average Bonchev–Trinajstić information content (AvgIpc) is 2.90. The van der Waals surface area contributed by atoms with Gasteiger partial charge in [0.05, 0.1) is 11.7 Å². The van der Waals surface area contributed by atoms with Crippen LogP contribution in [0.5, 0.6) is 0 Å². The number of carbonyl (C=O) groups is 1. The summed E-state index contributed by atoms with van der Waals surface area (Å²) < 4.78 is 3.12. The molecule has 6 nitrogen and oxygen atoms in total. The van der Waals surface area contributed by atoms with E-state index in [0.717, 1.165) is 22.7 Å². The average molecular weight is 312 g/mol. The predicted molar refractivity (Wildman–Crippen MR) is 90.5 cm³/mol. The number of rotatable bonds is 4. The van der Waals surface area contributed by atoms with Crippen LogP contribution in [0.15, 0.2) is 35.3 Å².